The van der Waals surface area contributed by atoms with Crippen molar-refractivity contribution in [1.82, 2.24) is 4.90 Å². The number of esters is 1. The highest BCUT2D eigenvalue weighted by molar-refractivity contribution is 5.96. The third kappa shape index (κ3) is 7.59. The summed E-state index contributed by atoms with van der Waals surface area (Å²) >= 11 is 0. The lowest BCUT2D eigenvalue weighted by Crippen LogP contribution is -2.42. The van der Waals surface area contributed by atoms with E-state index in [1.165, 1.54) is 4.90 Å². The molecule has 0 aliphatic heterocycles. The number of benzene rings is 1. The van der Waals surface area contributed by atoms with Crippen LogP contribution in [0.2, 0.25) is 0 Å². The van der Waals surface area contributed by atoms with Crippen molar-refractivity contribution in [3.63, 3.8) is 0 Å². The first kappa shape index (κ1) is 21.0. The van der Waals surface area contributed by atoms with E-state index in [1.54, 1.807) is 39.0 Å². The number of carbonyl (C=O) groups is 2. The van der Waals surface area contributed by atoms with Gasteiger partial charge in [-0.1, -0.05) is 6.07 Å². The van der Waals surface area contributed by atoms with Crippen molar-refractivity contribution in [2.24, 2.45) is 0 Å². The summed E-state index contributed by atoms with van der Waals surface area (Å²) in [5.74, 6) is -0.0174. The summed E-state index contributed by atoms with van der Waals surface area (Å²) < 4.78 is 11.2. The summed E-state index contributed by atoms with van der Waals surface area (Å²) in [6.45, 7) is 14.9. The molecule has 1 rings (SSSR count). The van der Waals surface area contributed by atoms with E-state index < -0.39 is 11.6 Å². The molecule has 0 radical (unpaired) electrons. The number of amides is 1. The maximum atomic E-state index is 12.9. The lowest BCUT2D eigenvalue weighted by molar-refractivity contribution is -0.155. The van der Waals surface area contributed by atoms with Crippen LogP contribution in [0.1, 0.15) is 65.7 Å². The molecule has 0 spiro atoms. The Labute approximate surface area is 151 Å². The van der Waals surface area contributed by atoms with Crippen molar-refractivity contribution in [2.75, 3.05) is 6.54 Å². The quantitative estimate of drug-likeness (QED) is 0.752. The molecule has 0 heterocycles. The van der Waals surface area contributed by atoms with Gasteiger partial charge >= 0.3 is 5.97 Å². The molecule has 0 aromatic heterocycles. The predicted molar refractivity (Wildman–Crippen MR) is 98.8 cm³/mol. The smallest absolute Gasteiger partial charge is 0.326 e. The van der Waals surface area contributed by atoms with E-state index in [2.05, 4.69) is 0 Å². The first-order valence-corrected chi connectivity index (χ1v) is 8.60. The number of hydrogen-bond donors (Lipinski definition) is 0. The summed E-state index contributed by atoms with van der Waals surface area (Å²) in [5.41, 5.74) is -0.446. The first-order chi connectivity index (χ1) is 11.3. The molecule has 1 aromatic rings. The van der Waals surface area contributed by atoms with Gasteiger partial charge in [-0.15, -0.1) is 0 Å². The van der Waals surface area contributed by atoms with Crippen LogP contribution in [-0.2, 0) is 9.53 Å². The fraction of sp³-hybridized carbons (Fsp3) is 0.600. The third-order valence-corrected chi connectivity index (χ3v) is 3.11. The second kappa shape index (κ2) is 7.89. The van der Waals surface area contributed by atoms with E-state index in [0.717, 1.165) is 0 Å². The van der Waals surface area contributed by atoms with Crippen LogP contribution in [0.4, 0.5) is 0 Å². The number of rotatable bonds is 5. The van der Waals surface area contributed by atoms with E-state index >= 15 is 0 Å². The molecule has 0 unspecified atom stereocenters. The monoisotopic (exact) mass is 349 g/mol. The lowest BCUT2D eigenvalue weighted by atomic mass is 10.1. The van der Waals surface area contributed by atoms with E-state index in [1.807, 2.05) is 40.7 Å². The average Bonchev–Trinajstić information content (AvgIpc) is 2.40. The predicted octanol–water partition coefficient (Wildman–Crippen LogP) is 4.06. The second-order valence-corrected chi connectivity index (χ2v) is 8.36. The Hall–Kier alpha value is -2.04. The van der Waals surface area contributed by atoms with E-state index in [9.17, 15) is 9.59 Å². The van der Waals surface area contributed by atoms with Gasteiger partial charge in [0.05, 0.1) is 0 Å². The number of hydrogen-bond acceptors (Lipinski definition) is 4. The fourth-order valence-corrected chi connectivity index (χ4v) is 2.21. The van der Waals surface area contributed by atoms with Crippen LogP contribution < -0.4 is 4.74 Å². The Kier molecular flexibility index (Phi) is 6.63. The van der Waals surface area contributed by atoms with Gasteiger partial charge in [-0.25, -0.2) is 0 Å². The molecular weight excluding hydrogens is 318 g/mol. The highest BCUT2D eigenvalue weighted by atomic mass is 16.6. The van der Waals surface area contributed by atoms with Crippen LogP contribution in [0.5, 0.6) is 5.75 Å². The summed E-state index contributed by atoms with van der Waals surface area (Å²) in [5, 5.41) is 0. The molecule has 0 fully saturated rings. The largest absolute Gasteiger partial charge is 0.488 e. The van der Waals surface area contributed by atoms with Crippen molar-refractivity contribution in [2.45, 2.75) is 72.6 Å². The van der Waals surface area contributed by atoms with Crippen LogP contribution in [0.15, 0.2) is 24.3 Å². The summed E-state index contributed by atoms with van der Waals surface area (Å²) in [6.07, 6.45) is 0. The van der Waals surface area contributed by atoms with E-state index in [4.69, 9.17) is 9.47 Å². The van der Waals surface area contributed by atoms with Gasteiger partial charge in [-0.2, -0.15) is 0 Å². The second-order valence-electron chi connectivity index (χ2n) is 8.36. The van der Waals surface area contributed by atoms with Crippen LogP contribution in [0.25, 0.3) is 0 Å². The average molecular weight is 349 g/mol. The van der Waals surface area contributed by atoms with Gasteiger partial charge in [-0.05, 0) is 73.6 Å². The van der Waals surface area contributed by atoms with Crippen molar-refractivity contribution in [3.05, 3.63) is 29.8 Å². The van der Waals surface area contributed by atoms with Crippen molar-refractivity contribution in [1.29, 1.82) is 0 Å². The minimum Gasteiger partial charge on any atom is -0.488 e. The molecule has 0 bridgehead atoms. The Bertz CT molecular complexity index is 609. The summed E-state index contributed by atoms with van der Waals surface area (Å²) in [6, 6.07) is 6.89. The molecule has 140 valence electrons. The molecule has 5 heteroatoms. The molecule has 0 saturated heterocycles. The van der Waals surface area contributed by atoms with Crippen LogP contribution in [0.3, 0.4) is 0 Å². The maximum Gasteiger partial charge on any atom is 0.326 e. The normalized spacial score (nSPS) is 12.0. The van der Waals surface area contributed by atoms with Gasteiger partial charge in [0, 0.05) is 11.6 Å². The zero-order valence-electron chi connectivity index (χ0n) is 16.7. The van der Waals surface area contributed by atoms with Gasteiger partial charge < -0.3 is 14.4 Å². The first-order valence-electron chi connectivity index (χ1n) is 8.60. The zero-order valence-corrected chi connectivity index (χ0v) is 16.7. The van der Waals surface area contributed by atoms with Gasteiger partial charge in [0.15, 0.2) is 0 Å². The van der Waals surface area contributed by atoms with Gasteiger partial charge in [0.2, 0.25) is 0 Å². The minimum absolute atomic E-state index is 0.0852. The van der Waals surface area contributed by atoms with Gasteiger partial charge in [-0.3, -0.25) is 9.59 Å². The molecule has 1 amide bonds. The number of carbonyl (C=O) groups excluding carboxylic acids is 2. The van der Waals surface area contributed by atoms with Crippen molar-refractivity contribution >= 4 is 11.9 Å². The van der Waals surface area contributed by atoms with Crippen molar-refractivity contribution < 1.29 is 19.1 Å². The molecule has 0 aliphatic rings. The maximum absolute atomic E-state index is 12.9. The van der Waals surface area contributed by atoms with Crippen molar-refractivity contribution in [3.8, 4) is 5.75 Å². The minimum atomic E-state index is -0.580. The molecular formula is C20H31NO4. The Balaban J connectivity index is 2.96. The van der Waals surface area contributed by atoms with Crippen LogP contribution in [0, 0.1) is 0 Å². The molecule has 1 aromatic carbocycles. The molecule has 0 atom stereocenters. The highest BCUT2D eigenvalue weighted by Crippen LogP contribution is 2.21. The molecule has 25 heavy (non-hydrogen) atoms. The Morgan fingerprint density at radius 3 is 2.12 bits per heavy atom. The van der Waals surface area contributed by atoms with Gasteiger partial charge in [0.25, 0.3) is 5.91 Å². The van der Waals surface area contributed by atoms with E-state index in [0.29, 0.717) is 11.3 Å². The van der Waals surface area contributed by atoms with E-state index in [-0.39, 0.29) is 24.1 Å². The number of nitrogens with zero attached hydrogens (tertiary/aromatic N) is 1. The lowest BCUT2D eigenvalue weighted by Gasteiger charge is -2.28. The summed E-state index contributed by atoms with van der Waals surface area (Å²) in [4.78, 5) is 26.5. The Morgan fingerprint density at radius 2 is 1.64 bits per heavy atom. The van der Waals surface area contributed by atoms with Crippen LogP contribution in [-0.4, -0.2) is 40.6 Å². The highest BCUT2D eigenvalue weighted by Gasteiger charge is 2.25. The molecule has 5 nitrogen and oxygen atoms in total. The third-order valence-electron chi connectivity index (χ3n) is 3.11. The fourth-order valence-electron chi connectivity index (χ4n) is 2.21. The van der Waals surface area contributed by atoms with Gasteiger partial charge in [0.1, 0.15) is 23.5 Å². The molecule has 0 saturated carbocycles. The standard InChI is InChI=1S/C20H31NO4/c1-14(2)21(13-17(22)25-20(6,7)8)18(23)15-10-9-11-16(12-15)24-19(3,4)5/h9-12,14H,13H2,1-8H3. The molecule has 0 N–H and O–H groups in total. The Morgan fingerprint density at radius 1 is 1.04 bits per heavy atom. The topological polar surface area (TPSA) is 55.8 Å². The molecule has 0 aliphatic carbocycles. The SMILES string of the molecule is CC(C)N(CC(=O)OC(C)(C)C)C(=O)c1cccc(OC(C)(C)C)c1. The number of ether oxygens (including phenoxy) is 2. The summed E-state index contributed by atoms with van der Waals surface area (Å²) in [7, 11) is 0. The van der Waals surface area contributed by atoms with Crippen LogP contribution >= 0.6 is 0 Å². The zero-order chi connectivity index (χ0) is 19.4.